The maximum absolute atomic E-state index is 13.2. The Kier molecular flexibility index (Phi) is 7.04. The number of amides is 1. The SMILES string of the molecule is CC(C)(C)OP(=O)(OCC(C)(NC(=O)O)c1ccccc1)OC(C)(C)C. The average molecular weight is 387 g/mol. The van der Waals surface area contributed by atoms with Crippen LogP contribution in [0.4, 0.5) is 4.79 Å². The van der Waals surface area contributed by atoms with Crippen molar-refractivity contribution in [2.45, 2.75) is 65.2 Å². The van der Waals surface area contributed by atoms with Crippen LogP contribution in [0.5, 0.6) is 0 Å². The highest BCUT2D eigenvalue weighted by atomic mass is 31.2. The molecule has 0 radical (unpaired) electrons. The molecule has 148 valence electrons. The van der Waals surface area contributed by atoms with Gasteiger partial charge in [0.05, 0.1) is 23.3 Å². The zero-order valence-electron chi connectivity index (χ0n) is 16.5. The summed E-state index contributed by atoms with van der Waals surface area (Å²) in [7, 11) is -3.96. The molecule has 0 aliphatic carbocycles. The summed E-state index contributed by atoms with van der Waals surface area (Å²) in [6.45, 7) is 11.8. The first-order valence-corrected chi connectivity index (χ1v) is 9.83. The predicted molar refractivity (Wildman–Crippen MR) is 100 cm³/mol. The van der Waals surface area contributed by atoms with Gasteiger partial charge in [-0.3, -0.25) is 13.6 Å². The third kappa shape index (κ3) is 7.87. The quantitative estimate of drug-likeness (QED) is 0.645. The Labute approximate surface area is 155 Å². The van der Waals surface area contributed by atoms with E-state index >= 15 is 0 Å². The van der Waals surface area contributed by atoms with Crippen LogP contribution in [-0.2, 0) is 23.7 Å². The van der Waals surface area contributed by atoms with Gasteiger partial charge in [-0.2, -0.15) is 0 Å². The van der Waals surface area contributed by atoms with E-state index in [-0.39, 0.29) is 6.61 Å². The Bertz CT molecular complexity index is 630. The first-order chi connectivity index (χ1) is 11.6. The number of rotatable bonds is 7. The Hall–Kier alpha value is -1.40. The largest absolute Gasteiger partial charge is 0.475 e. The Balaban J connectivity index is 3.12. The fourth-order valence-corrected chi connectivity index (χ4v) is 4.08. The van der Waals surface area contributed by atoms with Gasteiger partial charge in [0, 0.05) is 0 Å². The molecular formula is C18H30NO6P. The fourth-order valence-electron chi connectivity index (χ4n) is 2.18. The number of phosphoric ester groups is 1. The maximum Gasteiger partial charge on any atom is 0.475 e. The van der Waals surface area contributed by atoms with Crippen LogP contribution < -0.4 is 5.32 Å². The number of benzene rings is 1. The molecule has 7 nitrogen and oxygen atoms in total. The minimum atomic E-state index is -3.96. The van der Waals surface area contributed by atoms with Gasteiger partial charge < -0.3 is 10.4 Å². The summed E-state index contributed by atoms with van der Waals surface area (Å²) < 4.78 is 29.9. The third-order valence-corrected chi connectivity index (χ3v) is 5.06. The lowest BCUT2D eigenvalue weighted by Gasteiger charge is -2.35. The van der Waals surface area contributed by atoms with Crippen molar-refractivity contribution in [1.29, 1.82) is 0 Å². The Morgan fingerprint density at radius 2 is 1.46 bits per heavy atom. The van der Waals surface area contributed by atoms with Crippen molar-refractivity contribution in [3.05, 3.63) is 35.9 Å². The number of carbonyl (C=O) groups is 1. The summed E-state index contributed by atoms with van der Waals surface area (Å²) in [5.41, 5.74) is -2.01. The lowest BCUT2D eigenvalue weighted by atomic mass is 9.93. The highest BCUT2D eigenvalue weighted by Gasteiger charge is 2.40. The van der Waals surface area contributed by atoms with Crippen molar-refractivity contribution in [2.75, 3.05) is 6.61 Å². The van der Waals surface area contributed by atoms with Gasteiger partial charge in [0.25, 0.3) is 0 Å². The summed E-state index contributed by atoms with van der Waals surface area (Å²) in [6.07, 6.45) is -1.22. The Morgan fingerprint density at radius 3 is 1.85 bits per heavy atom. The topological polar surface area (TPSA) is 94.1 Å². The molecule has 26 heavy (non-hydrogen) atoms. The van der Waals surface area contributed by atoms with E-state index in [1.807, 2.05) is 6.07 Å². The van der Waals surface area contributed by atoms with E-state index in [0.29, 0.717) is 5.56 Å². The first kappa shape index (κ1) is 22.6. The molecule has 1 atom stereocenters. The molecule has 1 aromatic rings. The minimum absolute atomic E-state index is 0.229. The van der Waals surface area contributed by atoms with Gasteiger partial charge in [-0.1, -0.05) is 30.3 Å². The van der Waals surface area contributed by atoms with Gasteiger partial charge in [0.15, 0.2) is 0 Å². The second-order valence-corrected chi connectivity index (χ2v) is 9.77. The van der Waals surface area contributed by atoms with Gasteiger partial charge in [-0.25, -0.2) is 9.36 Å². The molecule has 0 saturated heterocycles. The third-order valence-electron chi connectivity index (χ3n) is 3.08. The molecule has 0 aliphatic rings. The molecule has 0 aliphatic heterocycles. The van der Waals surface area contributed by atoms with Gasteiger partial charge >= 0.3 is 13.9 Å². The van der Waals surface area contributed by atoms with Crippen molar-refractivity contribution in [3.8, 4) is 0 Å². The highest BCUT2D eigenvalue weighted by Crippen LogP contribution is 2.56. The molecule has 1 unspecified atom stereocenters. The van der Waals surface area contributed by atoms with Crippen molar-refractivity contribution >= 4 is 13.9 Å². The highest BCUT2D eigenvalue weighted by molar-refractivity contribution is 7.48. The first-order valence-electron chi connectivity index (χ1n) is 8.37. The summed E-state index contributed by atoms with van der Waals surface area (Å²) in [5, 5.41) is 11.6. The molecule has 1 aromatic carbocycles. The van der Waals surface area contributed by atoms with E-state index in [0.717, 1.165) is 0 Å². The molecule has 0 fully saturated rings. The van der Waals surface area contributed by atoms with Gasteiger partial charge in [-0.15, -0.1) is 0 Å². The molecule has 1 amide bonds. The molecule has 2 N–H and O–H groups in total. The van der Waals surface area contributed by atoms with Crippen LogP contribution in [0.2, 0.25) is 0 Å². The predicted octanol–water partition coefficient (Wildman–Crippen LogP) is 4.92. The molecule has 0 bridgehead atoms. The fraction of sp³-hybridized carbons (Fsp3) is 0.611. The zero-order valence-corrected chi connectivity index (χ0v) is 17.4. The van der Waals surface area contributed by atoms with E-state index in [9.17, 15) is 14.5 Å². The number of hydrogen-bond donors (Lipinski definition) is 2. The van der Waals surface area contributed by atoms with E-state index in [1.54, 1.807) is 72.7 Å². The average Bonchev–Trinajstić information content (AvgIpc) is 2.41. The van der Waals surface area contributed by atoms with Gasteiger partial charge in [-0.05, 0) is 54.0 Å². The second-order valence-electron chi connectivity index (χ2n) is 8.26. The molecule has 8 heteroatoms. The van der Waals surface area contributed by atoms with Crippen LogP contribution in [0.3, 0.4) is 0 Å². The van der Waals surface area contributed by atoms with E-state index in [1.165, 1.54) is 0 Å². The summed E-state index contributed by atoms with van der Waals surface area (Å²) in [4.78, 5) is 11.3. The van der Waals surface area contributed by atoms with E-state index in [4.69, 9.17) is 13.6 Å². The Morgan fingerprint density at radius 1 is 1.00 bits per heavy atom. The lowest BCUT2D eigenvalue weighted by Crippen LogP contribution is -2.46. The number of carboxylic acid groups (broad SMARTS) is 1. The van der Waals surface area contributed by atoms with Crippen molar-refractivity contribution in [3.63, 3.8) is 0 Å². The molecule has 0 heterocycles. The van der Waals surface area contributed by atoms with Crippen molar-refractivity contribution < 1.29 is 28.0 Å². The summed E-state index contributed by atoms with van der Waals surface area (Å²) in [5.74, 6) is 0. The monoisotopic (exact) mass is 387 g/mol. The maximum atomic E-state index is 13.2. The molecule has 0 spiro atoms. The molecule has 1 rings (SSSR count). The summed E-state index contributed by atoms with van der Waals surface area (Å²) in [6, 6.07) is 8.92. The van der Waals surface area contributed by atoms with Crippen LogP contribution in [0.25, 0.3) is 0 Å². The van der Waals surface area contributed by atoms with Crippen LogP contribution in [0.1, 0.15) is 54.0 Å². The molecule has 0 aromatic heterocycles. The summed E-state index contributed by atoms with van der Waals surface area (Å²) >= 11 is 0. The zero-order chi connectivity index (χ0) is 20.2. The van der Waals surface area contributed by atoms with Crippen LogP contribution in [0.15, 0.2) is 30.3 Å². The standard InChI is InChI=1S/C18H30NO6P/c1-16(2,3)24-26(22,25-17(4,5)6)23-13-18(7,19-15(20)21)14-11-9-8-10-12-14/h8-12,19H,13H2,1-7H3,(H,20,21). The van der Waals surface area contributed by atoms with Crippen LogP contribution in [-0.4, -0.2) is 29.0 Å². The molecule has 0 saturated carbocycles. The number of phosphoric acid groups is 1. The second kappa shape index (κ2) is 8.09. The lowest BCUT2D eigenvalue weighted by molar-refractivity contribution is -0.00459. The van der Waals surface area contributed by atoms with Crippen molar-refractivity contribution in [2.24, 2.45) is 0 Å². The smallest absolute Gasteiger partial charge is 0.465 e. The molecular weight excluding hydrogens is 357 g/mol. The van der Waals surface area contributed by atoms with Crippen molar-refractivity contribution in [1.82, 2.24) is 5.32 Å². The number of nitrogens with one attached hydrogen (secondary N) is 1. The number of hydrogen-bond acceptors (Lipinski definition) is 5. The van der Waals surface area contributed by atoms with Crippen LogP contribution >= 0.6 is 7.82 Å². The van der Waals surface area contributed by atoms with E-state index < -0.39 is 30.7 Å². The van der Waals surface area contributed by atoms with Crippen LogP contribution in [0, 0.1) is 0 Å². The van der Waals surface area contributed by atoms with E-state index in [2.05, 4.69) is 5.32 Å². The minimum Gasteiger partial charge on any atom is -0.465 e. The van der Waals surface area contributed by atoms with Gasteiger partial charge in [0.2, 0.25) is 0 Å². The normalized spacial score (nSPS) is 15.3. The van der Waals surface area contributed by atoms with Gasteiger partial charge in [0.1, 0.15) is 0 Å².